The molecule has 0 N–H and O–H groups in total. The van der Waals surface area contributed by atoms with Gasteiger partial charge in [0, 0.05) is 53.0 Å². The summed E-state index contributed by atoms with van der Waals surface area (Å²) in [6, 6.07) is 63.7. The van der Waals surface area contributed by atoms with Crippen molar-refractivity contribution in [1.82, 2.24) is 9.97 Å². The molecular formula is C50H29N3S. The monoisotopic (exact) mass is 703 g/mol. The van der Waals surface area contributed by atoms with Crippen molar-refractivity contribution in [3.8, 4) is 33.6 Å². The molecule has 12 rings (SSSR count). The van der Waals surface area contributed by atoms with Crippen LogP contribution in [-0.2, 0) is 0 Å². The van der Waals surface area contributed by atoms with Crippen LogP contribution in [0.1, 0.15) is 0 Å². The van der Waals surface area contributed by atoms with Gasteiger partial charge in [-0.3, -0.25) is 0 Å². The molecule has 2 aromatic heterocycles. The summed E-state index contributed by atoms with van der Waals surface area (Å²) >= 11 is 1.83. The lowest BCUT2D eigenvalue weighted by Crippen LogP contribution is -2.16. The van der Waals surface area contributed by atoms with Crippen molar-refractivity contribution in [2.24, 2.45) is 0 Å². The van der Waals surface area contributed by atoms with Gasteiger partial charge < -0.3 is 4.90 Å². The molecule has 3 heterocycles. The van der Waals surface area contributed by atoms with Crippen molar-refractivity contribution in [3.05, 3.63) is 176 Å². The number of para-hydroxylation sites is 2. The molecule has 1 aliphatic heterocycles. The summed E-state index contributed by atoms with van der Waals surface area (Å²) in [4.78, 5) is 13.3. The summed E-state index contributed by atoms with van der Waals surface area (Å²) in [6.45, 7) is 0. The zero-order chi connectivity index (χ0) is 35.3. The lowest BCUT2D eigenvalue weighted by molar-refractivity contribution is 1.28. The fourth-order valence-corrected chi connectivity index (χ4v) is 9.85. The van der Waals surface area contributed by atoms with E-state index in [1.807, 2.05) is 23.5 Å². The van der Waals surface area contributed by atoms with Crippen LogP contribution >= 0.6 is 11.3 Å². The largest absolute Gasteiger partial charge is 0.308 e. The van der Waals surface area contributed by atoms with Crippen molar-refractivity contribution < 1.29 is 0 Å². The molecule has 0 atom stereocenters. The topological polar surface area (TPSA) is 29.0 Å². The molecule has 0 aliphatic carbocycles. The molecule has 0 radical (unpaired) electrons. The lowest BCUT2D eigenvalue weighted by Gasteiger charge is -2.35. The average Bonchev–Trinajstić information content (AvgIpc) is 3.61. The zero-order valence-electron chi connectivity index (χ0n) is 29.0. The fraction of sp³-hybridized carbons (Fsp3) is 0. The van der Waals surface area contributed by atoms with E-state index in [0.717, 1.165) is 44.6 Å². The SMILES string of the molecule is c1ccc2c(N3c4c(ccc5ccccc45)-c4cccc5cccc3c45)cc(-c3nc4ccccc4nc3-c3ccc4c(c3)sc3ccccc34)cc2c1. The number of hydrogen-bond donors (Lipinski definition) is 0. The fourth-order valence-electron chi connectivity index (χ4n) is 8.70. The van der Waals surface area contributed by atoms with E-state index in [2.05, 4.69) is 169 Å². The Hall–Kier alpha value is -6.88. The van der Waals surface area contributed by atoms with Gasteiger partial charge >= 0.3 is 0 Å². The first-order chi connectivity index (χ1) is 26.8. The molecule has 0 bridgehead atoms. The minimum Gasteiger partial charge on any atom is -0.308 e. The van der Waals surface area contributed by atoms with Crippen molar-refractivity contribution in [1.29, 1.82) is 0 Å². The van der Waals surface area contributed by atoms with Gasteiger partial charge in [0.1, 0.15) is 0 Å². The lowest BCUT2D eigenvalue weighted by atomic mass is 9.88. The van der Waals surface area contributed by atoms with E-state index >= 15 is 0 Å². The smallest absolute Gasteiger partial charge is 0.0974 e. The number of fused-ring (bicyclic) bond motifs is 9. The highest BCUT2D eigenvalue weighted by atomic mass is 32.1. The molecule has 0 saturated heterocycles. The number of hydrogen-bond acceptors (Lipinski definition) is 4. The first-order valence-electron chi connectivity index (χ1n) is 18.3. The Morgan fingerprint density at radius 1 is 0.389 bits per heavy atom. The molecule has 54 heavy (non-hydrogen) atoms. The predicted molar refractivity (Wildman–Crippen MR) is 229 cm³/mol. The van der Waals surface area contributed by atoms with Gasteiger partial charge in [-0.05, 0) is 64.2 Å². The van der Waals surface area contributed by atoms with E-state index in [0.29, 0.717) is 0 Å². The molecule has 1 aliphatic rings. The molecule has 0 amide bonds. The first-order valence-corrected chi connectivity index (χ1v) is 19.1. The second-order valence-electron chi connectivity index (χ2n) is 14.1. The highest BCUT2D eigenvalue weighted by Crippen LogP contribution is 2.55. The Morgan fingerprint density at radius 2 is 1.06 bits per heavy atom. The van der Waals surface area contributed by atoms with Gasteiger partial charge in [-0.15, -0.1) is 11.3 Å². The molecule has 9 aromatic carbocycles. The maximum Gasteiger partial charge on any atom is 0.0974 e. The molecule has 3 nitrogen and oxygen atoms in total. The molecule has 11 aromatic rings. The Labute approximate surface area is 315 Å². The van der Waals surface area contributed by atoms with Crippen molar-refractivity contribution in [2.75, 3.05) is 4.90 Å². The molecule has 0 fully saturated rings. The minimum atomic E-state index is 0.870. The van der Waals surface area contributed by atoms with Crippen LogP contribution in [0.4, 0.5) is 17.1 Å². The Kier molecular flexibility index (Phi) is 6.21. The van der Waals surface area contributed by atoms with Crippen LogP contribution in [-0.4, -0.2) is 9.97 Å². The molecule has 0 spiro atoms. The summed E-state index contributed by atoms with van der Waals surface area (Å²) in [6.07, 6.45) is 0. The Bertz CT molecular complexity index is 3350. The highest BCUT2D eigenvalue weighted by molar-refractivity contribution is 7.25. The summed E-state index contributed by atoms with van der Waals surface area (Å²) in [5.74, 6) is 0. The third-order valence-corrected chi connectivity index (χ3v) is 12.2. The van der Waals surface area contributed by atoms with E-state index in [1.54, 1.807) is 0 Å². The number of benzene rings is 9. The zero-order valence-corrected chi connectivity index (χ0v) is 29.8. The standard InChI is InChI=1S/C50H29N3S/c1-4-16-36-30(11-1)23-26-40-39-18-9-13-31-14-10-21-43(47(31)39)53(50(36)40)44-28-34(27-32-12-2-3-15-35(32)44)49-48(51-41-19-6-7-20-42(41)52-49)33-24-25-38-37-17-5-8-22-45(37)54-46(38)29-33/h1-29H. The van der Waals surface area contributed by atoms with Gasteiger partial charge in [0.25, 0.3) is 0 Å². The quantitative estimate of drug-likeness (QED) is 0.183. The van der Waals surface area contributed by atoms with Gasteiger partial charge in [-0.1, -0.05) is 133 Å². The summed E-state index contributed by atoms with van der Waals surface area (Å²) in [5, 5.41) is 9.82. The maximum absolute atomic E-state index is 5.43. The van der Waals surface area contributed by atoms with Crippen LogP contribution in [0.2, 0.25) is 0 Å². The number of nitrogens with zero attached hydrogens (tertiary/aromatic N) is 3. The summed E-state index contributed by atoms with van der Waals surface area (Å²) in [5.41, 5.74) is 11.6. The summed E-state index contributed by atoms with van der Waals surface area (Å²) < 4.78 is 2.54. The van der Waals surface area contributed by atoms with Gasteiger partial charge in [0.15, 0.2) is 0 Å². The second kappa shape index (κ2) is 11.3. The number of thiophene rings is 1. The number of rotatable bonds is 3. The Morgan fingerprint density at radius 3 is 1.91 bits per heavy atom. The van der Waals surface area contributed by atoms with Crippen molar-refractivity contribution >= 4 is 91.9 Å². The number of anilines is 3. The van der Waals surface area contributed by atoms with Crippen LogP contribution in [0.15, 0.2) is 176 Å². The van der Waals surface area contributed by atoms with Gasteiger partial charge in [-0.2, -0.15) is 0 Å². The third kappa shape index (κ3) is 4.29. The number of aromatic nitrogens is 2. The van der Waals surface area contributed by atoms with Crippen LogP contribution in [0, 0.1) is 0 Å². The van der Waals surface area contributed by atoms with E-state index in [-0.39, 0.29) is 0 Å². The van der Waals surface area contributed by atoms with E-state index in [1.165, 1.54) is 69.6 Å². The average molecular weight is 704 g/mol. The van der Waals surface area contributed by atoms with Crippen molar-refractivity contribution in [2.45, 2.75) is 0 Å². The van der Waals surface area contributed by atoms with E-state index < -0.39 is 0 Å². The normalized spacial score (nSPS) is 12.4. The highest BCUT2D eigenvalue weighted by Gasteiger charge is 2.29. The van der Waals surface area contributed by atoms with Gasteiger partial charge in [0.2, 0.25) is 0 Å². The van der Waals surface area contributed by atoms with Crippen LogP contribution in [0.25, 0.3) is 97.2 Å². The predicted octanol–water partition coefficient (Wildman–Crippen LogP) is 14.2. The van der Waals surface area contributed by atoms with Gasteiger partial charge in [-0.25, -0.2) is 9.97 Å². The molecule has 4 heteroatoms. The molecule has 250 valence electrons. The molecule has 0 unspecified atom stereocenters. The minimum absolute atomic E-state index is 0.870. The molecular weight excluding hydrogens is 675 g/mol. The van der Waals surface area contributed by atoms with Crippen LogP contribution in [0.3, 0.4) is 0 Å². The third-order valence-electron chi connectivity index (χ3n) is 11.1. The van der Waals surface area contributed by atoms with E-state index in [9.17, 15) is 0 Å². The second-order valence-corrected chi connectivity index (χ2v) is 15.2. The van der Waals surface area contributed by atoms with Crippen molar-refractivity contribution in [3.63, 3.8) is 0 Å². The van der Waals surface area contributed by atoms with Gasteiger partial charge in [0.05, 0.1) is 39.5 Å². The van der Waals surface area contributed by atoms with Crippen LogP contribution < -0.4 is 4.90 Å². The maximum atomic E-state index is 5.43. The summed E-state index contributed by atoms with van der Waals surface area (Å²) in [7, 11) is 0. The van der Waals surface area contributed by atoms with E-state index in [4.69, 9.17) is 9.97 Å². The Balaban J connectivity index is 1.17. The van der Waals surface area contributed by atoms with Crippen LogP contribution in [0.5, 0.6) is 0 Å². The molecule has 0 saturated carbocycles. The first kappa shape index (κ1) is 29.7.